The number of rotatable bonds is 2. The van der Waals surface area contributed by atoms with Crippen molar-refractivity contribution in [3.05, 3.63) is 0 Å². The van der Waals surface area contributed by atoms with Gasteiger partial charge >= 0.3 is 0 Å². The van der Waals surface area contributed by atoms with E-state index >= 15 is 0 Å². The molecule has 2 unspecified atom stereocenters. The van der Waals surface area contributed by atoms with Gasteiger partial charge in [0.25, 0.3) is 0 Å². The molecule has 1 saturated heterocycles. The van der Waals surface area contributed by atoms with Crippen LogP contribution in [0, 0.1) is 5.41 Å². The van der Waals surface area contributed by atoms with Gasteiger partial charge < -0.3 is 5.32 Å². The average molecular weight is 196 g/mol. The molecular formula is C12H24N2. The van der Waals surface area contributed by atoms with Crippen LogP contribution in [-0.2, 0) is 0 Å². The molecule has 1 saturated carbocycles. The summed E-state index contributed by atoms with van der Waals surface area (Å²) in [6.45, 7) is 10.8. The molecule has 1 aliphatic heterocycles. The summed E-state index contributed by atoms with van der Waals surface area (Å²) in [5.41, 5.74) is 0.661. The molecule has 0 aromatic carbocycles. The Kier molecular flexibility index (Phi) is 2.85. The summed E-state index contributed by atoms with van der Waals surface area (Å²) in [6, 6.07) is 1.43. The Morgan fingerprint density at radius 1 is 1.50 bits per heavy atom. The fraction of sp³-hybridized carbons (Fsp3) is 1.00. The summed E-state index contributed by atoms with van der Waals surface area (Å²) < 4.78 is 0. The van der Waals surface area contributed by atoms with Crippen molar-refractivity contribution in [1.29, 1.82) is 0 Å². The molecule has 82 valence electrons. The minimum atomic E-state index is 0.661. The smallest absolute Gasteiger partial charge is 0.0167 e. The summed E-state index contributed by atoms with van der Waals surface area (Å²) >= 11 is 0. The van der Waals surface area contributed by atoms with E-state index in [1.54, 1.807) is 0 Å². The molecule has 1 heterocycles. The topological polar surface area (TPSA) is 15.3 Å². The second-order valence-electron chi connectivity index (χ2n) is 5.47. The SMILES string of the molecule is CCC(C)N1CC(C)NCC2(CC2)C1. The van der Waals surface area contributed by atoms with Gasteiger partial charge in [-0.2, -0.15) is 0 Å². The summed E-state index contributed by atoms with van der Waals surface area (Å²) in [7, 11) is 0. The van der Waals surface area contributed by atoms with Crippen LogP contribution in [0.5, 0.6) is 0 Å². The number of nitrogens with one attached hydrogen (secondary N) is 1. The van der Waals surface area contributed by atoms with Crippen molar-refractivity contribution in [2.24, 2.45) is 5.41 Å². The normalized spacial score (nSPS) is 34.1. The van der Waals surface area contributed by atoms with Gasteiger partial charge in [-0.15, -0.1) is 0 Å². The highest BCUT2D eigenvalue weighted by Crippen LogP contribution is 2.46. The predicted molar refractivity (Wildman–Crippen MR) is 60.5 cm³/mol. The fourth-order valence-corrected chi connectivity index (χ4v) is 2.46. The maximum atomic E-state index is 3.66. The van der Waals surface area contributed by atoms with Gasteiger partial charge in [0.15, 0.2) is 0 Å². The second kappa shape index (κ2) is 3.82. The fourth-order valence-electron chi connectivity index (χ4n) is 2.46. The maximum absolute atomic E-state index is 3.66. The van der Waals surface area contributed by atoms with Crippen LogP contribution in [0.15, 0.2) is 0 Å². The lowest BCUT2D eigenvalue weighted by Gasteiger charge is -2.30. The summed E-state index contributed by atoms with van der Waals surface area (Å²) in [5.74, 6) is 0. The van der Waals surface area contributed by atoms with Crippen LogP contribution in [-0.4, -0.2) is 36.6 Å². The van der Waals surface area contributed by atoms with Crippen molar-refractivity contribution >= 4 is 0 Å². The molecule has 2 heteroatoms. The Hall–Kier alpha value is -0.0800. The first kappa shape index (κ1) is 10.4. The molecule has 0 aromatic heterocycles. The first-order valence-corrected chi connectivity index (χ1v) is 6.13. The minimum absolute atomic E-state index is 0.661. The van der Waals surface area contributed by atoms with Crippen LogP contribution < -0.4 is 5.32 Å². The Bertz CT molecular complexity index is 198. The molecule has 0 aromatic rings. The summed E-state index contributed by atoms with van der Waals surface area (Å²) in [4.78, 5) is 2.69. The predicted octanol–water partition coefficient (Wildman–Crippen LogP) is 1.86. The van der Waals surface area contributed by atoms with Crippen molar-refractivity contribution in [3.8, 4) is 0 Å². The van der Waals surface area contributed by atoms with Crippen molar-refractivity contribution < 1.29 is 0 Å². The van der Waals surface area contributed by atoms with E-state index in [2.05, 4.69) is 31.0 Å². The van der Waals surface area contributed by atoms with E-state index in [1.165, 1.54) is 38.9 Å². The lowest BCUT2D eigenvalue weighted by atomic mass is 10.1. The zero-order valence-corrected chi connectivity index (χ0v) is 9.84. The Morgan fingerprint density at radius 3 is 2.79 bits per heavy atom. The van der Waals surface area contributed by atoms with Gasteiger partial charge in [0, 0.05) is 31.7 Å². The Balaban J connectivity index is 2.00. The van der Waals surface area contributed by atoms with Crippen LogP contribution in [0.1, 0.15) is 40.0 Å². The summed E-state index contributed by atoms with van der Waals surface area (Å²) in [6.07, 6.45) is 4.17. The lowest BCUT2D eigenvalue weighted by Crippen LogP contribution is -2.40. The third-order valence-corrected chi connectivity index (χ3v) is 4.04. The summed E-state index contributed by atoms with van der Waals surface area (Å²) in [5, 5.41) is 3.66. The van der Waals surface area contributed by atoms with Crippen molar-refractivity contribution in [2.75, 3.05) is 19.6 Å². The molecule has 1 N–H and O–H groups in total. The van der Waals surface area contributed by atoms with Crippen LogP contribution in [0.3, 0.4) is 0 Å². The minimum Gasteiger partial charge on any atom is -0.312 e. The Labute approximate surface area is 88.1 Å². The molecule has 0 amide bonds. The first-order chi connectivity index (χ1) is 6.65. The van der Waals surface area contributed by atoms with E-state index in [4.69, 9.17) is 0 Å². The highest BCUT2D eigenvalue weighted by Gasteiger charge is 2.45. The largest absolute Gasteiger partial charge is 0.312 e. The van der Waals surface area contributed by atoms with E-state index in [0.717, 1.165) is 6.04 Å². The quantitative estimate of drug-likeness (QED) is 0.725. The number of hydrogen-bond acceptors (Lipinski definition) is 2. The zero-order chi connectivity index (χ0) is 10.2. The molecular weight excluding hydrogens is 172 g/mol. The highest BCUT2D eigenvalue weighted by molar-refractivity contribution is 5.00. The molecule has 2 nitrogen and oxygen atoms in total. The third kappa shape index (κ3) is 2.12. The van der Waals surface area contributed by atoms with Gasteiger partial charge in [-0.25, -0.2) is 0 Å². The molecule has 1 aliphatic carbocycles. The van der Waals surface area contributed by atoms with Crippen LogP contribution >= 0.6 is 0 Å². The molecule has 0 bridgehead atoms. The highest BCUT2D eigenvalue weighted by atomic mass is 15.2. The molecule has 2 atom stereocenters. The molecule has 1 spiro atoms. The van der Waals surface area contributed by atoms with E-state index in [-0.39, 0.29) is 0 Å². The lowest BCUT2D eigenvalue weighted by molar-refractivity contribution is 0.177. The molecule has 2 aliphatic rings. The van der Waals surface area contributed by atoms with Gasteiger partial charge in [0.05, 0.1) is 0 Å². The van der Waals surface area contributed by atoms with Crippen molar-refractivity contribution in [2.45, 2.75) is 52.1 Å². The van der Waals surface area contributed by atoms with Gasteiger partial charge in [-0.1, -0.05) is 6.92 Å². The van der Waals surface area contributed by atoms with E-state index in [0.29, 0.717) is 11.5 Å². The maximum Gasteiger partial charge on any atom is 0.0167 e. The van der Waals surface area contributed by atoms with Crippen molar-refractivity contribution in [1.82, 2.24) is 10.2 Å². The number of nitrogens with zero attached hydrogens (tertiary/aromatic N) is 1. The van der Waals surface area contributed by atoms with Gasteiger partial charge in [-0.3, -0.25) is 4.90 Å². The van der Waals surface area contributed by atoms with Crippen LogP contribution in [0.2, 0.25) is 0 Å². The number of hydrogen-bond donors (Lipinski definition) is 1. The molecule has 14 heavy (non-hydrogen) atoms. The molecule has 0 radical (unpaired) electrons. The van der Waals surface area contributed by atoms with Gasteiger partial charge in [-0.05, 0) is 38.5 Å². The van der Waals surface area contributed by atoms with Crippen LogP contribution in [0.25, 0.3) is 0 Å². The van der Waals surface area contributed by atoms with Crippen LogP contribution in [0.4, 0.5) is 0 Å². The molecule has 2 fully saturated rings. The second-order valence-corrected chi connectivity index (χ2v) is 5.47. The Morgan fingerprint density at radius 2 is 2.21 bits per heavy atom. The first-order valence-electron chi connectivity index (χ1n) is 6.13. The van der Waals surface area contributed by atoms with E-state index in [9.17, 15) is 0 Å². The van der Waals surface area contributed by atoms with Crippen molar-refractivity contribution in [3.63, 3.8) is 0 Å². The van der Waals surface area contributed by atoms with E-state index in [1.807, 2.05) is 0 Å². The zero-order valence-electron chi connectivity index (χ0n) is 9.84. The standard InChI is InChI=1S/C12H24N2/c1-4-11(3)14-7-10(2)13-8-12(9-14)5-6-12/h10-11,13H,4-9H2,1-3H3. The monoisotopic (exact) mass is 196 g/mol. The van der Waals surface area contributed by atoms with Gasteiger partial charge in [0.1, 0.15) is 0 Å². The average Bonchev–Trinajstić information content (AvgIpc) is 2.95. The third-order valence-electron chi connectivity index (χ3n) is 4.04. The van der Waals surface area contributed by atoms with E-state index < -0.39 is 0 Å². The molecule has 2 rings (SSSR count). The van der Waals surface area contributed by atoms with Gasteiger partial charge in [0.2, 0.25) is 0 Å².